The van der Waals surface area contributed by atoms with Gasteiger partial charge < -0.3 is 10.1 Å². The third-order valence-electron chi connectivity index (χ3n) is 4.40. The number of hydrogen-bond donors (Lipinski definition) is 1. The zero-order valence-electron chi connectivity index (χ0n) is 13.0. The maximum atomic E-state index is 5.80. The standard InChI is InChI=1S/C17H27NO/c1-6-13-8-9-14(12(2)3)15(16(13)19-5)17(4)10-7-11-18-17/h8-9,12,18H,6-7,10-11H2,1-5H3. The van der Waals surface area contributed by atoms with Crippen molar-refractivity contribution in [1.29, 1.82) is 0 Å². The fraction of sp³-hybridized carbons (Fsp3) is 0.647. The fourth-order valence-corrected chi connectivity index (χ4v) is 3.31. The molecule has 2 rings (SSSR count). The van der Waals surface area contributed by atoms with E-state index in [9.17, 15) is 0 Å². The molecular weight excluding hydrogens is 234 g/mol. The Kier molecular flexibility index (Phi) is 4.19. The van der Waals surface area contributed by atoms with Crippen LogP contribution in [-0.4, -0.2) is 13.7 Å². The van der Waals surface area contributed by atoms with Gasteiger partial charge in [-0.2, -0.15) is 0 Å². The lowest BCUT2D eigenvalue weighted by Gasteiger charge is -2.32. The lowest BCUT2D eigenvalue weighted by Crippen LogP contribution is -2.35. The minimum atomic E-state index is 0.0656. The lowest BCUT2D eigenvalue weighted by molar-refractivity contribution is 0.364. The number of nitrogens with one attached hydrogen (secondary N) is 1. The molecule has 0 spiro atoms. The lowest BCUT2D eigenvalue weighted by atomic mass is 9.81. The molecule has 1 N–H and O–H groups in total. The van der Waals surface area contributed by atoms with Gasteiger partial charge in [0.25, 0.3) is 0 Å². The van der Waals surface area contributed by atoms with Crippen LogP contribution in [0.25, 0.3) is 0 Å². The number of benzene rings is 1. The Bertz CT molecular complexity index is 445. The van der Waals surface area contributed by atoms with Gasteiger partial charge in [0.2, 0.25) is 0 Å². The van der Waals surface area contributed by atoms with Gasteiger partial charge in [0.15, 0.2) is 0 Å². The zero-order chi connectivity index (χ0) is 14.0. The maximum Gasteiger partial charge on any atom is 0.127 e. The van der Waals surface area contributed by atoms with Gasteiger partial charge in [-0.3, -0.25) is 0 Å². The predicted molar refractivity (Wildman–Crippen MR) is 81.0 cm³/mol. The molecule has 0 amide bonds. The molecule has 1 aromatic rings. The predicted octanol–water partition coefficient (Wildman–Crippen LogP) is 3.98. The van der Waals surface area contributed by atoms with Crippen molar-refractivity contribution in [1.82, 2.24) is 5.32 Å². The van der Waals surface area contributed by atoms with Crippen molar-refractivity contribution in [3.05, 3.63) is 28.8 Å². The summed E-state index contributed by atoms with van der Waals surface area (Å²) in [6, 6.07) is 4.53. The molecule has 1 unspecified atom stereocenters. The first-order valence-corrected chi connectivity index (χ1v) is 7.48. The molecular formula is C17H27NO. The molecule has 106 valence electrons. The molecule has 1 fully saturated rings. The Morgan fingerprint density at radius 2 is 2.11 bits per heavy atom. The Morgan fingerprint density at radius 1 is 1.37 bits per heavy atom. The first-order chi connectivity index (χ1) is 9.03. The van der Waals surface area contributed by atoms with E-state index in [2.05, 4.69) is 45.1 Å². The molecule has 0 saturated carbocycles. The molecule has 19 heavy (non-hydrogen) atoms. The van der Waals surface area contributed by atoms with E-state index in [0.717, 1.165) is 18.7 Å². The summed E-state index contributed by atoms with van der Waals surface area (Å²) < 4.78 is 5.80. The summed E-state index contributed by atoms with van der Waals surface area (Å²) in [6.45, 7) is 10.2. The molecule has 2 heteroatoms. The van der Waals surface area contributed by atoms with Crippen molar-refractivity contribution in [3.63, 3.8) is 0 Å². The van der Waals surface area contributed by atoms with Crippen LogP contribution in [0.15, 0.2) is 12.1 Å². The van der Waals surface area contributed by atoms with E-state index in [-0.39, 0.29) is 5.54 Å². The van der Waals surface area contributed by atoms with Gasteiger partial charge in [-0.25, -0.2) is 0 Å². The van der Waals surface area contributed by atoms with E-state index < -0.39 is 0 Å². The number of hydrogen-bond acceptors (Lipinski definition) is 2. The molecule has 1 aliphatic heterocycles. The van der Waals surface area contributed by atoms with Crippen LogP contribution in [0.5, 0.6) is 5.75 Å². The summed E-state index contributed by atoms with van der Waals surface area (Å²) >= 11 is 0. The Balaban J connectivity index is 2.65. The van der Waals surface area contributed by atoms with Crippen molar-refractivity contribution in [2.45, 2.75) is 58.4 Å². The van der Waals surface area contributed by atoms with E-state index in [0.29, 0.717) is 5.92 Å². The van der Waals surface area contributed by atoms with Crippen molar-refractivity contribution in [2.75, 3.05) is 13.7 Å². The highest BCUT2D eigenvalue weighted by atomic mass is 16.5. The number of rotatable bonds is 4. The fourth-order valence-electron chi connectivity index (χ4n) is 3.31. The van der Waals surface area contributed by atoms with Gasteiger partial charge in [0.05, 0.1) is 7.11 Å². The normalized spacial score (nSPS) is 23.1. The summed E-state index contributed by atoms with van der Waals surface area (Å²) in [6.07, 6.45) is 3.45. The third-order valence-corrected chi connectivity index (χ3v) is 4.40. The second-order valence-corrected chi connectivity index (χ2v) is 6.09. The van der Waals surface area contributed by atoms with Gasteiger partial charge in [0, 0.05) is 11.1 Å². The summed E-state index contributed by atoms with van der Waals surface area (Å²) in [7, 11) is 1.81. The SMILES string of the molecule is CCc1ccc(C(C)C)c(C2(C)CCCN2)c1OC. The van der Waals surface area contributed by atoms with Crippen LogP contribution >= 0.6 is 0 Å². The summed E-state index contributed by atoms with van der Waals surface area (Å²) in [5.41, 5.74) is 4.19. The Morgan fingerprint density at radius 3 is 2.58 bits per heavy atom. The number of aryl methyl sites for hydroxylation is 1. The monoisotopic (exact) mass is 261 g/mol. The van der Waals surface area contributed by atoms with Crippen LogP contribution < -0.4 is 10.1 Å². The number of methoxy groups -OCH3 is 1. The van der Waals surface area contributed by atoms with Gasteiger partial charge >= 0.3 is 0 Å². The zero-order valence-corrected chi connectivity index (χ0v) is 13.0. The molecule has 0 bridgehead atoms. The van der Waals surface area contributed by atoms with Crippen molar-refractivity contribution in [3.8, 4) is 5.75 Å². The van der Waals surface area contributed by atoms with E-state index in [1.165, 1.54) is 29.5 Å². The maximum absolute atomic E-state index is 5.80. The average molecular weight is 261 g/mol. The molecule has 1 saturated heterocycles. The average Bonchev–Trinajstić information content (AvgIpc) is 2.84. The minimum Gasteiger partial charge on any atom is -0.496 e. The van der Waals surface area contributed by atoms with Crippen LogP contribution in [0.1, 0.15) is 63.1 Å². The molecule has 1 aliphatic rings. The van der Waals surface area contributed by atoms with Gasteiger partial charge in [-0.15, -0.1) is 0 Å². The summed E-state index contributed by atoms with van der Waals surface area (Å²) in [5.74, 6) is 1.62. The van der Waals surface area contributed by atoms with Crippen molar-refractivity contribution in [2.24, 2.45) is 0 Å². The van der Waals surface area contributed by atoms with Crippen LogP contribution in [0.3, 0.4) is 0 Å². The van der Waals surface area contributed by atoms with Crippen molar-refractivity contribution >= 4 is 0 Å². The third kappa shape index (κ3) is 2.51. The molecule has 1 aromatic carbocycles. The van der Waals surface area contributed by atoms with Crippen LogP contribution in [-0.2, 0) is 12.0 Å². The van der Waals surface area contributed by atoms with E-state index >= 15 is 0 Å². The van der Waals surface area contributed by atoms with Gasteiger partial charge in [0.1, 0.15) is 5.75 Å². The highest BCUT2D eigenvalue weighted by molar-refractivity contribution is 5.51. The largest absolute Gasteiger partial charge is 0.496 e. The number of ether oxygens (including phenoxy) is 1. The minimum absolute atomic E-state index is 0.0656. The molecule has 1 atom stereocenters. The second kappa shape index (κ2) is 5.54. The first kappa shape index (κ1) is 14.4. The Hall–Kier alpha value is -1.02. The first-order valence-electron chi connectivity index (χ1n) is 7.48. The topological polar surface area (TPSA) is 21.3 Å². The smallest absolute Gasteiger partial charge is 0.127 e. The van der Waals surface area contributed by atoms with E-state index in [1.807, 2.05) is 0 Å². The summed E-state index contributed by atoms with van der Waals surface area (Å²) in [5, 5.41) is 3.69. The molecule has 1 heterocycles. The molecule has 0 aliphatic carbocycles. The second-order valence-electron chi connectivity index (χ2n) is 6.09. The van der Waals surface area contributed by atoms with E-state index in [4.69, 9.17) is 4.74 Å². The van der Waals surface area contributed by atoms with Gasteiger partial charge in [-0.1, -0.05) is 32.9 Å². The van der Waals surface area contributed by atoms with Crippen LogP contribution in [0.4, 0.5) is 0 Å². The highest BCUT2D eigenvalue weighted by Crippen LogP contribution is 2.42. The van der Waals surface area contributed by atoms with Gasteiger partial charge in [-0.05, 0) is 49.8 Å². The summed E-state index contributed by atoms with van der Waals surface area (Å²) in [4.78, 5) is 0. The van der Waals surface area contributed by atoms with E-state index in [1.54, 1.807) is 7.11 Å². The molecule has 0 radical (unpaired) electrons. The molecule has 0 aromatic heterocycles. The molecule has 2 nitrogen and oxygen atoms in total. The Labute approximate surface area is 117 Å². The quantitative estimate of drug-likeness (QED) is 0.885. The van der Waals surface area contributed by atoms with Crippen molar-refractivity contribution < 1.29 is 4.74 Å². The van der Waals surface area contributed by atoms with Crippen LogP contribution in [0, 0.1) is 0 Å². The van der Waals surface area contributed by atoms with Crippen LogP contribution in [0.2, 0.25) is 0 Å². The highest BCUT2D eigenvalue weighted by Gasteiger charge is 2.36.